The average Bonchev–Trinajstić information content (AvgIpc) is 3.53. The van der Waals surface area contributed by atoms with Gasteiger partial charge in [0.25, 0.3) is 0 Å². The van der Waals surface area contributed by atoms with Crippen LogP contribution in [0.3, 0.4) is 0 Å². The highest BCUT2D eigenvalue weighted by atomic mass is 32.1. The van der Waals surface area contributed by atoms with Gasteiger partial charge in [0.15, 0.2) is 0 Å². The van der Waals surface area contributed by atoms with Gasteiger partial charge >= 0.3 is 0 Å². The topological polar surface area (TPSA) is 17.8 Å². The van der Waals surface area contributed by atoms with Crippen molar-refractivity contribution in [2.75, 3.05) is 0 Å². The summed E-state index contributed by atoms with van der Waals surface area (Å²) in [6.07, 6.45) is 0. The van der Waals surface area contributed by atoms with Gasteiger partial charge < -0.3 is 0 Å². The molecule has 0 spiro atoms. The van der Waals surface area contributed by atoms with E-state index in [1.165, 1.54) is 32.6 Å². The van der Waals surface area contributed by atoms with Gasteiger partial charge in [-0.2, -0.15) is 0 Å². The molecule has 2 aromatic heterocycles. The lowest BCUT2D eigenvalue weighted by Gasteiger charge is -2.24. The first-order valence-electron chi connectivity index (χ1n) is 14.4. The second-order valence-electron chi connectivity index (χ2n) is 11.3. The molecule has 0 radical (unpaired) electrons. The molecule has 4 aromatic carbocycles. The summed E-state index contributed by atoms with van der Waals surface area (Å²) in [5, 5.41) is 3.41. The van der Waals surface area contributed by atoms with E-state index in [2.05, 4.69) is 123 Å². The smallest absolute Gasteiger partial charge is 0.147 e. The maximum Gasteiger partial charge on any atom is 0.147 e. The molecule has 0 amide bonds. The van der Waals surface area contributed by atoms with Gasteiger partial charge in [0.05, 0.1) is 16.7 Å². The maximum absolute atomic E-state index is 8.67. The molecule has 0 aliphatic carbocycles. The van der Waals surface area contributed by atoms with Crippen molar-refractivity contribution in [3.63, 3.8) is 0 Å². The summed E-state index contributed by atoms with van der Waals surface area (Å²) >= 11 is 1.75. The van der Waals surface area contributed by atoms with Crippen LogP contribution in [0.15, 0.2) is 90.3 Å². The van der Waals surface area contributed by atoms with Crippen molar-refractivity contribution in [1.29, 1.82) is 0 Å². The molecule has 39 heavy (non-hydrogen) atoms. The van der Waals surface area contributed by atoms with Crippen molar-refractivity contribution >= 4 is 32.5 Å². The Bertz CT molecular complexity index is 1810. The first-order chi connectivity index (χ1) is 19.1. The number of benzene rings is 4. The third kappa shape index (κ3) is 4.49. The van der Waals surface area contributed by atoms with E-state index in [1.807, 2.05) is 13.8 Å². The van der Waals surface area contributed by atoms with Crippen molar-refractivity contribution < 1.29 is 1.37 Å². The zero-order valence-corrected chi connectivity index (χ0v) is 24.4. The third-order valence-corrected chi connectivity index (χ3v) is 8.66. The van der Waals surface area contributed by atoms with Gasteiger partial charge in [-0.25, -0.2) is 4.98 Å². The fourth-order valence-corrected chi connectivity index (χ4v) is 6.48. The molecule has 0 atom stereocenters. The highest BCUT2D eigenvalue weighted by Crippen LogP contribution is 2.42. The van der Waals surface area contributed by atoms with E-state index in [-0.39, 0.29) is 0 Å². The summed E-state index contributed by atoms with van der Waals surface area (Å²) in [5.74, 6) is 0.931. The maximum atomic E-state index is 8.67. The molecule has 0 unspecified atom stereocenters. The molecule has 2 heterocycles. The first-order valence-corrected chi connectivity index (χ1v) is 14.7. The summed E-state index contributed by atoms with van der Waals surface area (Å²) in [7, 11) is 0. The fraction of sp³-hybridized carbons (Fsp3) is 0.250. The van der Waals surface area contributed by atoms with Crippen LogP contribution in [-0.4, -0.2) is 9.55 Å². The Hall–Kier alpha value is -3.69. The van der Waals surface area contributed by atoms with Gasteiger partial charge in [-0.1, -0.05) is 90.1 Å². The minimum Gasteiger partial charge on any atom is -0.292 e. The number of hydrogen-bond donors (Lipinski definition) is 0. The predicted molar refractivity (Wildman–Crippen MR) is 170 cm³/mol. The Balaban J connectivity index is 1.70. The number of aromatic nitrogens is 2. The number of imidazole rings is 1. The van der Waals surface area contributed by atoms with Crippen LogP contribution in [-0.2, 0) is 0 Å². The van der Waals surface area contributed by atoms with Crippen LogP contribution < -0.4 is 0 Å². The van der Waals surface area contributed by atoms with Gasteiger partial charge in [0.1, 0.15) is 5.82 Å². The van der Waals surface area contributed by atoms with Crippen LogP contribution in [0.25, 0.3) is 49.3 Å². The van der Waals surface area contributed by atoms with Crippen LogP contribution >= 0.6 is 11.3 Å². The molecule has 0 aliphatic heterocycles. The molecule has 6 aromatic rings. The summed E-state index contributed by atoms with van der Waals surface area (Å²) in [6, 6.07) is 30.4. The molecule has 0 saturated carbocycles. The van der Waals surface area contributed by atoms with E-state index in [0.29, 0.717) is 11.8 Å². The Morgan fingerprint density at radius 2 is 1.41 bits per heavy atom. The van der Waals surface area contributed by atoms with Gasteiger partial charge in [-0.3, -0.25) is 4.57 Å². The molecule has 0 bridgehead atoms. The van der Waals surface area contributed by atoms with Crippen LogP contribution in [0.4, 0.5) is 0 Å². The first kappa shape index (κ1) is 24.4. The van der Waals surface area contributed by atoms with E-state index in [9.17, 15) is 0 Å². The Morgan fingerprint density at radius 3 is 2.08 bits per heavy atom. The largest absolute Gasteiger partial charge is 0.292 e. The van der Waals surface area contributed by atoms with Gasteiger partial charge in [0, 0.05) is 22.4 Å². The van der Waals surface area contributed by atoms with Crippen molar-refractivity contribution in [2.45, 2.75) is 59.3 Å². The third-order valence-electron chi connectivity index (χ3n) is 7.70. The van der Waals surface area contributed by atoms with E-state index in [4.69, 9.17) is 6.35 Å². The van der Waals surface area contributed by atoms with E-state index in [0.717, 1.165) is 33.4 Å². The number of hydrogen-bond acceptors (Lipinski definition) is 2. The molecule has 0 fully saturated rings. The highest BCUT2D eigenvalue weighted by Gasteiger charge is 2.24. The van der Waals surface area contributed by atoms with Crippen LogP contribution in [0, 0.1) is 0 Å². The van der Waals surface area contributed by atoms with E-state index < -0.39 is 5.89 Å². The normalized spacial score (nSPS) is 12.7. The zero-order valence-electron chi connectivity index (χ0n) is 24.6. The lowest BCUT2D eigenvalue weighted by molar-refractivity contribution is 0.812. The number of nitrogens with zero attached hydrogens (tertiary/aromatic N) is 2. The molecule has 0 N–H and O–H groups in total. The monoisotopic (exact) mass is 529 g/mol. The van der Waals surface area contributed by atoms with Crippen molar-refractivity contribution in [2.24, 2.45) is 0 Å². The van der Waals surface area contributed by atoms with E-state index in [1.54, 1.807) is 11.3 Å². The van der Waals surface area contributed by atoms with Crippen LogP contribution in [0.2, 0.25) is 0 Å². The van der Waals surface area contributed by atoms with Gasteiger partial charge in [0.2, 0.25) is 0 Å². The Labute approximate surface area is 237 Å². The lowest BCUT2D eigenvalue weighted by Crippen LogP contribution is -2.09. The summed E-state index contributed by atoms with van der Waals surface area (Å²) in [4.78, 5) is 5.28. The molecular formula is C36H36N2S. The van der Waals surface area contributed by atoms with Crippen molar-refractivity contribution in [3.05, 3.63) is 107 Å². The quantitative estimate of drug-likeness (QED) is 0.210. The molecule has 6 rings (SSSR count). The Morgan fingerprint density at radius 1 is 0.744 bits per heavy atom. The average molecular weight is 530 g/mol. The zero-order chi connectivity index (χ0) is 28.2. The molecule has 3 heteroatoms. The van der Waals surface area contributed by atoms with E-state index >= 15 is 0 Å². The molecule has 0 aliphatic rings. The van der Waals surface area contributed by atoms with Crippen molar-refractivity contribution in [1.82, 2.24) is 9.55 Å². The van der Waals surface area contributed by atoms with Gasteiger partial charge in [-0.05, 0) is 81.9 Å². The summed E-state index contributed by atoms with van der Waals surface area (Å²) < 4.78 is 12.3. The number of thiophene rings is 1. The second-order valence-corrected chi connectivity index (χ2v) is 12.2. The number of para-hydroxylation sites is 2. The summed E-state index contributed by atoms with van der Waals surface area (Å²) in [5.41, 5.74) is 10.6. The predicted octanol–water partition coefficient (Wildman–Crippen LogP) is 10.9. The van der Waals surface area contributed by atoms with Crippen LogP contribution in [0.5, 0.6) is 0 Å². The number of fused-ring (bicyclic) bond motifs is 2. The second kappa shape index (κ2) is 10.1. The van der Waals surface area contributed by atoms with Crippen molar-refractivity contribution in [3.8, 4) is 28.2 Å². The van der Waals surface area contributed by atoms with Gasteiger partial charge in [-0.15, -0.1) is 11.3 Å². The Kier molecular flexibility index (Phi) is 6.33. The highest BCUT2D eigenvalue weighted by molar-refractivity contribution is 7.17. The molecular weight excluding hydrogens is 492 g/mol. The fourth-order valence-electron chi connectivity index (χ4n) is 5.56. The molecule has 196 valence electrons. The summed E-state index contributed by atoms with van der Waals surface area (Å²) in [6.45, 7) is 13.1. The SMILES string of the molecule is [2H]C(C)(C)c1ccc2scc(-c3nc4ccccc4n3-c3c(C(C)C)cc(-c4ccccc4)cc3C(C)C)c2c1. The minimum absolute atomic E-state index is 0.320. The van der Waals surface area contributed by atoms with Crippen LogP contribution in [0.1, 0.15) is 77.3 Å². The standard InChI is InChI=1S/C36H36N2S/c1-22(2)26-16-17-34-30(18-26)31(21-39-34)36-37-32-14-10-11-15-33(32)38(36)35-28(23(3)4)19-27(20-29(35)24(5)6)25-12-8-7-9-13-25/h7-24H,1-6H3/i22D. The minimum atomic E-state index is -0.670. The number of rotatable bonds is 6. The molecule has 2 nitrogen and oxygen atoms in total. The molecule has 0 saturated heterocycles. The lowest BCUT2D eigenvalue weighted by atomic mass is 9.88.